The first-order valence-electron chi connectivity index (χ1n) is 4.93. The van der Waals surface area contributed by atoms with E-state index < -0.39 is 6.23 Å². The van der Waals surface area contributed by atoms with Crippen molar-refractivity contribution in [3.05, 3.63) is 35.9 Å². The van der Waals surface area contributed by atoms with Gasteiger partial charge in [-0.15, -0.1) is 0 Å². The summed E-state index contributed by atoms with van der Waals surface area (Å²) in [5.74, 6) is -0.377. The van der Waals surface area contributed by atoms with Crippen LogP contribution in [0.4, 0.5) is 0 Å². The Kier molecular flexibility index (Phi) is 3.48. The lowest BCUT2D eigenvalue weighted by Crippen LogP contribution is -2.39. The van der Waals surface area contributed by atoms with E-state index in [1.54, 1.807) is 24.3 Å². The maximum atomic E-state index is 11.6. The average Bonchev–Trinajstić information content (AvgIpc) is 2.17. The Bertz CT molecular complexity index is 327. The van der Waals surface area contributed by atoms with Crippen molar-refractivity contribution in [3.8, 4) is 0 Å². The smallest absolute Gasteiger partial charge is 0.339 e. The van der Waals surface area contributed by atoms with Crippen molar-refractivity contribution in [1.29, 1.82) is 0 Å². The number of nitrogens with two attached hydrogens (primary N) is 1. The number of benzene rings is 1. The van der Waals surface area contributed by atoms with E-state index >= 15 is 0 Å². The van der Waals surface area contributed by atoms with Gasteiger partial charge >= 0.3 is 5.97 Å². The van der Waals surface area contributed by atoms with E-state index in [9.17, 15) is 4.79 Å². The standard InChI is InChI=1S/C12H17NO2/c1-12(2,3)11(13)15-10(14)9-7-5-4-6-8-9/h4-8,11H,13H2,1-3H3. The van der Waals surface area contributed by atoms with Crippen molar-refractivity contribution < 1.29 is 9.53 Å². The topological polar surface area (TPSA) is 52.3 Å². The van der Waals surface area contributed by atoms with Crippen molar-refractivity contribution in [2.24, 2.45) is 11.1 Å². The maximum absolute atomic E-state index is 11.6. The van der Waals surface area contributed by atoms with E-state index in [0.29, 0.717) is 5.56 Å². The number of hydrogen-bond acceptors (Lipinski definition) is 3. The molecule has 15 heavy (non-hydrogen) atoms. The lowest BCUT2D eigenvalue weighted by molar-refractivity contribution is 0.00000676. The third-order valence-corrected chi connectivity index (χ3v) is 2.10. The predicted octanol–water partition coefficient (Wildman–Crippen LogP) is 2.17. The molecule has 1 aromatic rings. The van der Waals surface area contributed by atoms with Crippen LogP contribution in [0.15, 0.2) is 30.3 Å². The molecule has 0 saturated heterocycles. The zero-order valence-corrected chi connectivity index (χ0v) is 9.36. The minimum Gasteiger partial charge on any atom is -0.443 e. The van der Waals surface area contributed by atoms with Crippen LogP contribution in [0.2, 0.25) is 0 Å². The first-order valence-corrected chi connectivity index (χ1v) is 4.93. The average molecular weight is 207 g/mol. The minimum absolute atomic E-state index is 0.246. The molecule has 0 saturated carbocycles. The Hall–Kier alpha value is -1.35. The van der Waals surface area contributed by atoms with Gasteiger partial charge in [0.15, 0.2) is 6.23 Å². The molecule has 0 amide bonds. The number of rotatable bonds is 2. The summed E-state index contributed by atoms with van der Waals surface area (Å²) in [4.78, 5) is 11.6. The Morgan fingerprint density at radius 3 is 2.27 bits per heavy atom. The van der Waals surface area contributed by atoms with E-state index in [-0.39, 0.29) is 11.4 Å². The van der Waals surface area contributed by atoms with E-state index in [1.165, 1.54) is 0 Å². The number of esters is 1. The summed E-state index contributed by atoms with van der Waals surface area (Å²) in [5.41, 5.74) is 6.03. The Balaban J connectivity index is 2.65. The second-order valence-corrected chi connectivity index (χ2v) is 4.56. The molecule has 3 heteroatoms. The van der Waals surface area contributed by atoms with Gasteiger partial charge in [-0.05, 0) is 12.1 Å². The van der Waals surface area contributed by atoms with Gasteiger partial charge in [-0.3, -0.25) is 5.73 Å². The highest BCUT2D eigenvalue weighted by molar-refractivity contribution is 5.89. The molecule has 0 aliphatic rings. The molecule has 1 aromatic carbocycles. The number of ether oxygens (including phenoxy) is 1. The van der Waals surface area contributed by atoms with Gasteiger partial charge in [-0.25, -0.2) is 4.79 Å². The van der Waals surface area contributed by atoms with Gasteiger partial charge in [0.25, 0.3) is 0 Å². The monoisotopic (exact) mass is 207 g/mol. The summed E-state index contributed by atoms with van der Waals surface area (Å²) in [6.45, 7) is 5.78. The number of carbonyl (C=O) groups excluding carboxylic acids is 1. The summed E-state index contributed by atoms with van der Waals surface area (Å²) in [6.07, 6.45) is -0.592. The van der Waals surface area contributed by atoms with Crippen molar-refractivity contribution in [2.45, 2.75) is 27.0 Å². The zero-order valence-electron chi connectivity index (χ0n) is 9.36. The van der Waals surface area contributed by atoms with Gasteiger partial charge in [0.2, 0.25) is 0 Å². The third kappa shape index (κ3) is 3.36. The van der Waals surface area contributed by atoms with Crippen molar-refractivity contribution in [3.63, 3.8) is 0 Å². The molecule has 0 radical (unpaired) electrons. The van der Waals surface area contributed by atoms with Gasteiger partial charge in [0.1, 0.15) is 0 Å². The van der Waals surface area contributed by atoms with Crippen molar-refractivity contribution in [2.75, 3.05) is 0 Å². The second-order valence-electron chi connectivity index (χ2n) is 4.56. The molecule has 0 heterocycles. The molecule has 0 spiro atoms. The third-order valence-electron chi connectivity index (χ3n) is 2.10. The van der Waals surface area contributed by atoms with Crippen LogP contribution < -0.4 is 5.73 Å². The van der Waals surface area contributed by atoms with E-state index in [0.717, 1.165) is 0 Å². The fourth-order valence-electron chi connectivity index (χ4n) is 0.934. The highest BCUT2D eigenvalue weighted by atomic mass is 16.6. The van der Waals surface area contributed by atoms with Gasteiger partial charge in [-0.1, -0.05) is 39.0 Å². The molecule has 3 nitrogen and oxygen atoms in total. The summed E-state index contributed by atoms with van der Waals surface area (Å²) in [5, 5.41) is 0. The molecule has 0 aliphatic heterocycles. The highest BCUT2D eigenvalue weighted by Crippen LogP contribution is 2.19. The Morgan fingerprint density at radius 2 is 1.80 bits per heavy atom. The van der Waals surface area contributed by atoms with Crippen LogP contribution >= 0.6 is 0 Å². The second kappa shape index (κ2) is 4.45. The predicted molar refractivity (Wildman–Crippen MR) is 59.3 cm³/mol. The molecule has 0 aliphatic carbocycles. The summed E-state index contributed by atoms with van der Waals surface area (Å²) < 4.78 is 5.14. The van der Waals surface area contributed by atoms with Gasteiger partial charge < -0.3 is 4.74 Å². The van der Waals surface area contributed by atoms with Crippen LogP contribution in [0.25, 0.3) is 0 Å². The first kappa shape index (κ1) is 11.7. The van der Waals surface area contributed by atoms with Crippen LogP contribution in [-0.4, -0.2) is 12.2 Å². The summed E-state index contributed by atoms with van der Waals surface area (Å²) >= 11 is 0. The van der Waals surface area contributed by atoms with Crippen LogP contribution in [0.1, 0.15) is 31.1 Å². The molecule has 82 valence electrons. The summed E-state index contributed by atoms with van der Waals surface area (Å²) in [6, 6.07) is 8.84. The van der Waals surface area contributed by atoms with Gasteiger partial charge in [0.05, 0.1) is 5.56 Å². The lowest BCUT2D eigenvalue weighted by atomic mass is 9.95. The maximum Gasteiger partial charge on any atom is 0.339 e. The fourth-order valence-corrected chi connectivity index (χ4v) is 0.934. The lowest BCUT2D eigenvalue weighted by Gasteiger charge is -2.26. The minimum atomic E-state index is -0.592. The van der Waals surface area contributed by atoms with Crippen molar-refractivity contribution >= 4 is 5.97 Å². The summed E-state index contributed by atoms with van der Waals surface area (Å²) in [7, 11) is 0. The molecule has 0 bridgehead atoms. The molecule has 0 aromatic heterocycles. The quantitative estimate of drug-likeness (QED) is 0.597. The largest absolute Gasteiger partial charge is 0.443 e. The highest BCUT2D eigenvalue weighted by Gasteiger charge is 2.24. The first-order chi connectivity index (χ1) is 6.91. The molecule has 0 fully saturated rings. The number of hydrogen-bond donors (Lipinski definition) is 1. The van der Waals surface area contributed by atoms with E-state index in [1.807, 2.05) is 26.8 Å². The molecule has 2 N–H and O–H groups in total. The van der Waals surface area contributed by atoms with Crippen LogP contribution in [0, 0.1) is 5.41 Å². The molecular formula is C12H17NO2. The number of carbonyl (C=O) groups is 1. The van der Waals surface area contributed by atoms with E-state index in [2.05, 4.69) is 0 Å². The van der Waals surface area contributed by atoms with Gasteiger partial charge in [0, 0.05) is 5.41 Å². The molecule has 1 rings (SSSR count). The van der Waals surface area contributed by atoms with Crippen molar-refractivity contribution in [1.82, 2.24) is 0 Å². The SMILES string of the molecule is CC(C)(C)C(N)OC(=O)c1ccccc1. The van der Waals surface area contributed by atoms with Crippen LogP contribution in [0.3, 0.4) is 0 Å². The fraction of sp³-hybridized carbons (Fsp3) is 0.417. The Morgan fingerprint density at radius 1 is 1.27 bits per heavy atom. The normalized spacial score (nSPS) is 13.3. The van der Waals surface area contributed by atoms with Crippen LogP contribution in [-0.2, 0) is 4.74 Å². The zero-order chi connectivity index (χ0) is 11.5. The Labute approximate surface area is 90.2 Å². The van der Waals surface area contributed by atoms with Gasteiger partial charge in [-0.2, -0.15) is 0 Å². The molecule has 1 unspecified atom stereocenters. The molecule has 1 atom stereocenters. The van der Waals surface area contributed by atoms with E-state index in [4.69, 9.17) is 10.5 Å². The molecular weight excluding hydrogens is 190 g/mol. The van der Waals surface area contributed by atoms with Crippen LogP contribution in [0.5, 0.6) is 0 Å².